The van der Waals surface area contributed by atoms with Gasteiger partial charge in [-0.05, 0) is 56.2 Å². The van der Waals surface area contributed by atoms with Gasteiger partial charge in [-0.3, -0.25) is 9.59 Å². The second kappa shape index (κ2) is 8.71. The first-order chi connectivity index (χ1) is 13.0. The van der Waals surface area contributed by atoms with Gasteiger partial charge in [-0.15, -0.1) is 0 Å². The number of carbonyl (C=O) groups is 2. The third-order valence-electron chi connectivity index (χ3n) is 4.91. The van der Waals surface area contributed by atoms with Crippen molar-refractivity contribution in [1.82, 2.24) is 0 Å². The summed E-state index contributed by atoms with van der Waals surface area (Å²) in [6, 6.07) is 15.7. The number of benzene rings is 2. The molecule has 2 amide bonds. The van der Waals surface area contributed by atoms with Gasteiger partial charge >= 0.3 is 0 Å². The maximum Gasteiger partial charge on any atom is 0.226 e. The molecule has 1 aliphatic heterocycles. The van der Waals surface area contributed by atoms with Crippen molar-refractivity contribution in [2.24, 2.45) is 0 Å². The zero-order valence-electron chi connectivity index (χ0n) is 16.1. The van der Waals surface area contributed by atoms with E-state index < -0.39 is 0 Å². The van der Waals surface area contributed by atoms with E-state index in [1.165, 1.54) is 25.5 Å². The molecule has 1 fully saturated rings. The van der Waals surface area contributed by atoms with Crippen LogP contribution in [0.5, 0.6) is 0 Å². The molecule has 0 aliphatic carbocycles. The van der Waals surface area contributed by atoms with Crippen molar-refractivity contribution in [3.05, 3.63) is 54.1 Å². The minimum atomic E-state index is -0.0983. The summed E-state index contributed by atoms with van der Waals surface area (Å²) in [5.74, 6) is -0.161. The lowest BCUT2D eigenvalue weighted by Gasteiger charge is -2.23. The van der Waals surface area contributed by atoms with E-state index in [1.807, 2.05) is 43.3 Å². The Hall–Kier alpha value is -2.82. The molecular weight excluding hydrogens is 338 g/mol. The van der Waals surface area contributed by atoms with Crippen molar-refractivity contribution >= 4 is 28.9 Å². The number of amides is 2. The lowest BCUT2D eigenvalue weighted by molar-refractivity contribution is -0.117. The summed E-state index contributed by atoms with van der Waals surface area (Å²) >= 11 is 0. The normalized spacial score (nSPS) is 13.5. The third-order valence-corrected chi connectivity index (χ3v) is 4.91. The van der Waals surface area contributed by atoms with Crippen LogP contribution in [0.15, 0.2) is 48.5 Å². The average molecular weight is 365 g/mol. The molecule has 0 radical (unpaired) electrons. The Morgan fingerprint density at radius 2 is 1.63 bits per heavy atom. The molecule has 0 spiro atoms. The Morgan fingerprint density at radius 1 is 1.00 bits per heavy atom. The lowest BCUT2D eigenvalue weighted by Crippen LogP contribution is -2.32. The number of hydrogen-bond donors (Lipinski definition) is 1. The van der Waals surface area contributed by atoms with E-state index in [4.69, 9.17) is 0 Å². The fourth-order valence-corrected chi connectivity index (χ4v) is 3.36. The summed E-state index contributed by atoms with van der Waals surface area (Å²) in [4.78, 5) is 28.3. The van der Waals surface area contributed by atoms with E-state index in [2.05, 4.69) is 22.3 Å². The molecule has 142 valence electrons. The first-order valence-corrected chi connectivity index (χ1v) is 9.52. The number of nitrogens with one attached hydrogen (secondary N) is 1. The molecule has 2 aromatic carbocycles. The van der Waals surface area contributed by atoms with Gasteiger partial charge in [-0.2, -0.15) is 0 Å². The summed E-state index contributed by atoms with van der Waals surface area (Å²) in [7, 11) is 0. The largest absolute Gasteiger partial charge is 0.372 e. The van der Waals surface area contributed by atoms with Gasteiger partial charge in [-0.25, -0.2) is 0 Å². The smallest absolute Gasteiger partial charge is 0.226 e. The fraction of sp³-hybridized carbons (Fsp3) is 0.364. The van der Waals surface area contributed by atoms with Crippen LogP contribution in [0.1, 0.15) is 31.7 Å². The Labute approximate surface area is 161 Å². The van der Waals surface area contributed by atoms with Gasteiger partial charge in [0, 0.05) is 50.0 Å². The van der Waals surface area contributed by atoms with Crippen LogP contribution in [0.4, 0.5) is 17.1 Å². The highest BCUT2D eigenvalue weighted by atomic mass is 16.2. The standard InChI is InChI=1S/C22H27N3O2/c1-17-5-7-19(8-6-17)23-22(27)13-16-25(18(2)26)21-11-9-20(10-12-21)24-14-3-4-15-24/h5-12H,3-4,13-16H2,1-2H3,(H,23,27). The molecule has 27 heavy (non-hydrogen) atoms. The van der Waals surface area contributed by atoms with E-state index in [-0.39, 0.29) is 18.2 Å². The maximum atomic E-state index is 12.2. The summed E-state index contributed by atoms with van der Waals surface area (Å²) in [5.41, 5.74) is 3.94. The highest BCUT2D eigenvalue weighted by Gasteiger charge is 2.16. The van der Waals surface area contributed by atoms with E-state index >= 15 is 0 Å². The Balaban J connectivity index is 1.59. The summed E-state index contributed by atoms with van der Waals surface area (Å²) in [5, 5.41) is 2.88. The maximum absolute atomic E-state index is 12.2. The van der Waals surface area contributed by atoms with Crippen LogP contribution in [-0.2, 0) is 9.59 Å². The van der Waals surface area contributed by atoms with E-state index in [0.29, 0.717) is 6.54 Å². The molecule has 5 nitrogen and oxygen atoms in total. The molecule has 2 aromatic rings. The Bertz CT molecular complexity index is 778. The highest BCUT2D eigenvalue weighted by Crippen LogP contribution is 2.24. The molecule has 0 unspecified atom stereocenters. The van der Waals surface area contributed by atoms with Gasteiger partial charge in [-0.1, -0.05) is 17.7 Å². The molecule has 1 saturated heterocycles. The Kier molecular flexibility index (Phi) is 6.12. The van der Waals surface area contributed by atoms with Gasteiger partial charge in [0.1, 0.15) is 0 Å². The molecule has 1 aliphatic rings. The van der Waals surface area contributed by atoms with E-state index in [1.54, 1.807) is 4.90 Å². The molecule has 0 atom stereocenters. The molecule has 0 bridgehead atoms. The van der Waals surface area contributed by atoms with Gasteiger partial charge < -0.3 is 15.1 Å². The van der Waals surface area contributed by atoms with Gasteiger partial charge in [0.15, 0.2) is 0 Å². The number of anilines is 3. The fourth-order valence-electron chi connectivity index (χ4n) is 3.36. The number of rotatable bonds is 6. The van der Waals surface area contributed by atoms with Crippen molar-refractivity contribution in [3.63, 3.8) is 0 Å². The molecule has 0 aromatic heterocycles. The number of hydrogen-bond acceptors (Lipinski definition) is 3. The molecule has 1 N–H and O–H groups in total. The summed E-state index contributed by atoms with van der Waals surface area (Å²) in [6.07, 6.45) is 2.72. The number of nitrogens with zero attached hydrogens (tertiary/aromatic N) is 2. The van der Waals surface area contributed by atoms with Gasteiger partial charge in [0.25, 0.3) is 0 Å². The average Bonchev–Trinajstić information content (AvgIpc) is 3.19. The van der Waals surface area contributed by atoms with Crippen LogP contribution >= 0.6 is 0 Å². The number of aryl methyl sites for hydroxylation is 1. The van der Waals surface area contributed by atoms with Crippen molar-refractivity contribution < 1.29 is 9.59 Å². The SMILES string of the molecule is CC(=O)N(CCC(=O)Nc1ccc(C)cc1)c1ccc(N2CCCC2)cc1. The summed E-state index contributed by atoms with van der Waals surface area (Å²) in [6.45, 7) is 6.08. The topological polar surface area (TPSA) is 52.7 Å². The quantitative estimate of drug-likeness (QED) is 0.842. The van der Waals surface area contributed by atoms with Crippen LogP contribution in [0.2, 0.25) is 0 Å². The predicted molar refractivity (Wildman–Crippen MR) is 110 cm³/mol. The Morgan fingerprint density at radius 3 is 2.22 bits per heavy atom. The van der Waals surface area contributed by atoms with Crippen molar-refractivity contribution in [2.75, 3.05) is 34.8 Å². The monoisotopic (exact) mass is 365 g/mol. The van der Waals surface area contributed by atoms with Crippen LogP contribution < -0.4 is 15.1 Å². The first kappa shape index (κ1) is 19.0. The van der Waals surface area contributed by atoms with Crippen LogP contribution in [0, 0.1) is 6.92 Å². The second-order valence-electron chi connectivity index (χ2n) is 7.05. The van der Waals surface area contributed by atoms with Gasteiger partial charge in [0.05, 0.1) is 0 Å². The molecule has 5 heteroatoms. The van der Waals surface area contributed by atoms with Crippen molar-refractivity contribution in [3.8, 4) is 0 Å². The lowest BCUT2D eigenvalue weighted by atomic mass is 10.2. The van der Waals surface area contributed by atoms with Gasteiger partial charge in [0.2, 0.25) is 11.8 Å². The third kappa shape index (κ3) is 5.09. The summed E-state index contributed by atoms with van der Waals surface area (Å²) < 4.78 is 0. The predicted octanol–water partition coefficient (Wildman–Crippen LogP) is 3.98. The van der Waals surface area contributed by atoms with Crippen LogP contribution in [0.3, 0.4) is 0 Å². The first-order valence-electron chi connectivity index (χ1n) is 9.52. The molecular formula is C22H27N3O2. The zero-order valence-corrected chi connectivity index (χ0v) is 16.1. The van der Waals surface area contributed by atoms with Crippen molar-refractivity contribution in [1.29, 1.82) is 0 Å². The molecule has 1 heterocycles. The highest BCUT2D eigenvalue weighted by molar-refractivity contribution is 5.94. The minimum Gasteiger partial charge on any atom is -0.372 e. The zero-order chi connectivity index (χ0) is 19.2. The number of carbonyl (C=O) groups excluding carboxylic acids is 2. The minimum absolute atomic E-state index is 0.0629. The van der Waals surface area contributed by atoms with Crippen LogP contribution in [-0.4, -0.2) is 31.4 Å². The molecule has 0 saturated carbocycles. The van der Waals surface area contributed by atoms with E-state index in [0.717, 1.165) is 30.0 Å². The van der Waals surface area contributed by atoms with E-state index in [9.17, 15) is 9.59 Å². The second-order valence-corrected chi connectivity index (χ2v) is 7.05. The van der Waals surface area contributed by atoms with Crippen molar-refractivity contribution in [2.45, 2.75) is 33.1 Å². The molecule has 3 rings (SSSR count). The van der Waals surface area contributed by atoms with Crippen LogP contribution in [0.25, 0.3) is 0 Å².